The maximum absolute atomic E-state index is 5.33. The zero-order valence-electron chi connectivity index (χ0n) is 8.17. The Labute approximate surface area is 74.4 Å². The van der Waals surface area contributed by atoms with E-state index >= 15 is 0 Å². The lowest BCUT2D eigenvalue weighted by atomic mass is 10.2. The Hall–Kier alpha value is -0.120. The van der Waals surface area contributed by atoms with Crippen molar-refractivity contribution in [2.75, 3.05) is 20.8 Å². The van der Waals surface area contributed by atoms with Crippen LogP contribution in [0.15, 0.2) is 0 Å². The van der Waals surface area contributed by atoms with Crippen molar-refractivity contribution < 1.29 is 9.47 Å². The Morgan fingerprint density at radius 1 is 1.17 bits per heavy atom. The summed E-state index contributed by atoms with van der Waals surface area (Å²) in [5.74, 6) is 0. The van der Waals surface area contributed by atoms with Gasteiger partial charge < -0.3 is 14.8 Å². The van der Waals surface area contributed by atoms with Gasteiger partial charge in [0.05, 0.1) is 12.2 Å². The van der Waals surface area contributed by atoms with Gasteiger partial charge in [0.1, 0.15) is 0 Å². The zero-order chi connectivity index (χ0) is 8.97. The molecule has 0 aromatic heterocycles. The van der Waals surface area contributed by atoms with E-state index in [2.05, 4.69) is 12.2 Å². The summed E-state index contributed by atoms with van der Waals surface area (Å²) in [6, 6.07) is 0.574. The second kappa shape index (κ2) is 4.80. The molecule has 72 valence electrons. The third-order valence-corrected chi connectivity index (χ3v) is 2.55. The summed E-state index contributed by atoms with van der Waals surface area (Å²) < 4.78 is 10.7. The van der Waals surface area contributed by atoms with E-state index in [0.717, 1.165) is 19.4 Å². The molecule has 1 rings (SSSR count). The fourth-order valence-corrected chi connectivity index (χ4v) is 1.91. The van der Waals surface area contributed by atoms with Gasteiger partial charge in [-0.15, -0.1) is 0 Å². The van der Waals surface area contributed by atoms with Crippen molar-refractivity contribution in [1.29, 1.82) is 0 Å². The van der Waals surface area contributed by atoms with Crippen molar-refractivity contribution in [2.45, 2.75) is 38.0 Å². The van der Waals surface area contributed by atoms with E-state index in [1.54, 1.807) is 14.2 Å². The lowest BCUT2D eigenvalue weighted by Gasteiger charge is -2.15. The first-order chi connectivity index (χ1) is 5.81. The lowest BCUT2D eigenvalue weighted by molar-refractivity contribution is -0.0157. The first-order valence-corrected chi connectivity index (χ1v) is 4.60. The van der Waals surface area contributed by atoms with E-state index in [0.29, 0.717) is 6.04 Å². The fraction of sp³-hybridized carbons (Fsp3) is 1.00. The van der Waals surface area contributed by atoms with Crippen LogP contribution in [0.25, 0.3) is 0 Å². The van der Waals surface area contributed by atoms with Crippen molar-refractivity contribution in [3.05, 3.63) is 0 Å². The quantitative estimate of drug-likeness (QED) is 0.681. The summed E-state index contributed by atoms with van der Waals surface area (Å²) in [4.78, 5) is 0. The highest BCUT2D eigenvalue weighted by molar-refractivity contribution is 4.88. The molecular weight excluding hydrogens is 154 g/mol. The molecule has 1 fully saturated rings. The molecule has 0 aromatic carbocycles. The van der Waals surface area contributed by atoms with E-state index in [-0.39, 0.29) is 12.2 Å². The third kappa shape index (κ3) is 2.19. The first kappa shape index (κ1) is 9.96. The highest BCUT2D eigenvalue weighted by Crippen LogP contribution is 2.24. The molecular formula is C9H19NO2. The van der Waals surface area contributed by atoms with Gasteiger partial charge in [0.15, 0.2) is 0 Å². The highest BCUT2D eigenvalue weighted by Gasteiger charge is 2.33. The van der Waals surface area contributed by atoms with Gasteiger partial charge in [-0.05, 0) is 19.4 Å². The van der Waals surface area contributed by atoms with Gasteiger partial charge in [0, 0.05) is 20.3 Å². The van der Waals surface area contributed by atoms with Crippen LogP contribution < -0.4 is 5.32 Å². The highest BCUT2D eigenvalue weighted by atomic mass is 16.5. The molecule has 1 aliphatic carbocycles. The molecule has 12 heavy (non-hydrogen) atoms. The van der Waals surface area contributed by atoms with Crippen molar-refractivity contribution in [2.24, 2.45) is 0 Å². The fourth-order valence-electron chi connectivity index (χ4n) is 1.91. The van der Waals surface area contributed by atoms with Gasteiger partial charge in [0.25, 0.3) is 0 Å². The smallest absolute Gasteiger partial charge is 0.0848 e. The summed E-state index contributed by atoms with van der Waals surface area (Å²) in [5.41, 5.74) is 0. The van der Waals surface area contributed by atoms with Gasteiger partial charge in [-0.2, -0.15) is 0 Å². The van der Waals surface area contributed by atoms with E-state index < -0.39 is 0 Å². The van der Waals surface area contributed by atoms with Crippen LogP contribution in [-0.2, 0) is 9.47 Å². The molecule has 0 radical (unpaired) electrons. The van der Waals surface area contributed by atoms with Gasteiger partial charge in [-0.3, -0.25) is 0 Å². The first-order valence-electron chi connectivity index (χ1n) is 4.60. The lowest BCUT2D eigenvalue weighted by Crippen LogP contribution is -2.26. The maximum atomic E-state index is 5.33. The van der Waals surface area contributed by atoms with Crippen LogP contribution in [0.5, 0.6) is 0 Å². The Balaban J connectivity index is 2.36. The number of nitrogens with one attached hydrogen (secondary N) is 1. The standard InChI is InChI=1S/C9H19NO2/c1-4-10-7-5-8(11-2)9(6-7)12-3/h7-10H,4-6H2,1-3H3/t8-,9-/m0/s1. The summed E-state index contributed by atoms with van der Waals surface area (Å²) in [7, 11) is 3.51. The predicted octanol–water partition coefficient (Wildman–Crippen LogP) is 0.788. The van der Waals surface area contributed by atoms with Crippen molar-refractivity contribution >= 4 is 0 Å². The Morgan fingerprint density at radius 2 is 1.67 bits per heavy atom. The molecule has 3 nitrogen and oxygen atoms in total. The minimum Gasteiger partial charge on any atom is -0.379 e. The zero-order valence-corrected chi connectivity index (χ0v) is 8.17. The van der Waals surface area contributed by atoms with Crippen LogP contribution in [0.4, 0.5) is 0 Å². The molecule has 0 aromatic rings. The van der Waals surface area contributed by atoms with Crippen molar-refractivity contribution in [3.63, 3.8) is 0 Å². The SMILES string of the molecule is CCNC1C[C@H](OC)[C@@H](OC)C1. The average Bonchev–Trinajstić information content (AvgIpc) is 2.48. The van der Waals surface area contributed by atoms with Crippen LogP contribution >= 0.6 is 0 Å². The maximum Gasteiger partial charge on any atom is 0.0848 e. The van der Waals surface area contributed by atoms with Crippen LogP contribution in [-0.4, -0.2) is 39.0 Å². The predicted molar refractivity (Wildman–Crippen MR) is 48.3 cm³/mol. The summed E-state index contributed by atoms with van der Waals surface area (Å²) in [5, 5.41) is 3.41. The number of rotatable bonds is 4. The molecule has 0 bridgehead atoms. The molecule has 0 amide bonds. The van der Waals surface area contributed by atoms with E-state index in [9.17, 15) is 0 Å². The molecule has 0 aliphatic heterocycles. The van der Waals surface area contributed by atoms with Gasteiger partial charge in [-0.1, -0.05) is 6.92 Å². The minimum atomic E-state index is 0.277. The molecule has 1 N–H and O–H groups in total. The van der Waals surface area contributed by atoms with Gasteiger partial charge in [0.2, 0.25) is 0 Å². The second-order valence-corrected chi connectivity index (χ2v) is 3.27. The number of methoxy groups -OCH3 is 2. The minimum absolute atomic E-state index is 0.277. The van der Waals surface area contributed by atoms with Crippen molar-refractivity contribution in [1.82, 2.24) is 5.32 Å². The monoisotopic (exact) mass is 173 g/mol. The number of hydrogen-bond donors (Lipinski definition) is 1. The van der Waals surface area contributed by atoms with Crippen LogP contribution in [0.1, 0.15) is 19.8 Å². The molecule has 0 saturated heterocycles. The topological polar surface area (TPSA) is 30.5 Å². The van der Waals surface area contributed by atoms with E-state index in [1.165, 1.54) is 0 Å². The molecule has 1 saturated carbocycles. The normalized spacial score (nSPS) is 31.2. The van der Waals surface area contributed by atoms with Crippen LogP contribution in [0.2, 0.25) is 0 Å². The summed E-state index contributed by atoms with van der Waals surface area (Å²) in [6.45, 7) is 3.15. The van der Waals surface area contributed by atoms with Crippen LogP contribution in [0.3, 0.4) is 0 Å². The molecule has 3 heteroatoms. The van der Waals surface area contributed by atoms with E-state index in [1.807, 2.05) is 0 Å². The Bertz CT molecular complexity index is 118. The number of hydrogen-bond acceptors (Lipinski definition) is 3. The second-order valence-electron chi connectivity index (χ2n) is 3.27. The average molecular weight is 173 g/mol. The summed E-state index contributed by atoms with van der Waals surface area (Å²) >= 11 is 0. The largest absolute Gasteiger partial charge is 0.379 e. The van der Waals surface area contributed by atoms with Gasteiger partial charge in [-0.25, -0.2) is 0 Å². The molecule has 2 atom stereocenters. The molecule has 0 heterocycles. The van der Waals surface area contributed by atoms with Gasteiger partial charge >= 0.3 is 0 Å². The molecule has 1 aliphatic rings. The third-order valence-electron chi connectivity index (χ3n) is 2.55. The van der Waals surface area contributed by atoms with E-state index in [4.69, 9.17) is 9.47 Å². The molecule has 0 spiro atoms. The Morgan fingerprint density at radius 3 is 2.00 bits per heavy atom. The van der Waals surface area contributed by atoms with Crippen molar-refractivity contribution in [3.8, 4) is 0 Å². The molecule has 0 unspecified atom stereocenters. The Kier molecular flexibility index (Phi) is 3.98. The number of ether oxygens (including phenoxy) is 2. The summed E-state index contributed by atoms with van der Waals surface area (Å²) in [6.07, 6.45) is 2.70. The van der Waals surface area contributed by atoms with Crippen LogP contribution in [0, 0.1) is 0 Å².